The van der Waals surface area contributed by atoms with E-state index in [1.165, 1.54) is 6.07 Å². The molecule has 0 amide bonds. The second-order valence-electron chi connectivity index (χ2n) is 11.1. The predicted octanol–water partition coefficient (Wildman–Crippen LogP) is 8.66. The average Bonchev–Trinajstić information content (AvgIpc) is 3.34. The summed E-state index contributed by atoms with van der Waals surface area (Å²) in [6.07, 6.45) is -8.20. The van der Waals surface area contributed by atoms with Crippen molar-refractivity contribution >= 4 is 22.6 Å². The first-order valence-electron chi connectivity index (χ1n) is 14.3. The molecular formula is C31H32F8N2O3. The van der Waals surface area contributed by atoms with Crippen LogP contribution in [-0.4, -0.2) is 29.7 Å². The Morgan fingerprint density at radius 2 is 1.55 bits per heavy atom. The van der Waals surface area contributed by atoms with Crippen molar-refractivity contribution in [3.63, 3.8) is 0 Å². The van der Waals surface area contributed by atoms with E-state index < -0.39 is 60.4 Å². The van der Waals surface area contributed by atoms with E-state index in [1.807, 2.05) is 30.3 Å². The molecule has 4 rings (SSSR count). The predicted molar refractivity (Wildman–Crippen MR) is 149 cm³/mol. The van der Waals surface area contributed by atoms with Crippen LogP contribution >= 0.6 is 0 Å². The minimum Gasteiger partial charge on any atom is -0.466 e. The molecule has 0 fully saturated rings. The van der Waals surface area contributed by atoms with Gasteiger partial charge in [-0.05, 0) is 42.5 Å². The van der Waals surface area contributed by atoms with Crippen molar-refractivity contribution < 1.29 is 44.7 Å². The molecule has 0 radical (unpaired) electrons. The molecule has 2 N–H and O–H groups in total. The number of rotatable bonds is 13. The zero-order valence-corrected chi connectivity index (χ0v) is 23.6. The van der Waals surface area contributed by atoms with Crippen molar-refractivity contribution in [2.24, 2.45) is 0 Å². The van der Waals surface area contributed by atoms with Crippen molar-refractivity contribution in [2.45, 2.75) is 88.0 Å². The minimum atomic E-state index is -5.64. The first-order chi connectivity index (χ1) is 20.6. The summed E-state index contributed by atoms with van der Waals surface area (Å²) < 4.78 is 109. The zero-order valence-electron chi connectivity index (χ0n) is 23.6. The fraction of sp³-hybridized carbons (Fsp3) is 0.484. The van der Waals surface area contributed by atoms with Gasteiger partial charge in [0.2, 0.25) is 5.56 Å². The van der Waals surface area contributed by atoms with Crippen LogP contribution in [0.2, 0.25) is 0 Å². The van der Waals surface area contributed by atoms with Gasteiger partial charge in [-0.15, -0.1) is 0 Å². The number of carbonyl (C=O) groups excluding carboxylic acids is 1. The Morgan fingerprint density at radius 1 is 0.864 bits per heavy atom. The smallest absolute Gasteiger partial charge is 0.453 e. The highest BCUT2D eigenvalue weighted by molar-refractivity contribution is 5.92. The summed E-state index contributed by atoms with van der Waals surface area (Å²) >= 11 is 0. The van der Waals surface area contributed by atoms with Gasteiger partial charge in [-0.1, -0.05) is 56.0 Å². The number of aromatic amines is 1. The number of unbranched alkanes of at least 4 members (excludes halogenated alkanes) is 4. The monoisotopic (exact) mass is 632 g/mol. The van der Waals surface area contributed by atoms with E-state index in [0.29, 0.717) is 43.0 Å². The van der Waals surface area contributed by atoms with Crippen LogP contribution in [0.25, 0.3) is 10.9 Å². The zero-order chi connectivity index (χ0) is 32.2. The van der Waals surface area contributed by atoms with Crippen LogP contribution in [0.1, 0.15) is 74.5 Å². The van der Waals surface area contributed by atoms with Crippen LogP contribution in [0.5, 0.6) is 0 Å². The third-order valence-corrected chi connectivity index (χ3v) is 7.90. The third kappa shape index (κ3) is 7.71. The Morgan fingerprint density at radius 3 is 2.23 bits per heavy atom. The summed E-state index contributed by atoms with van der Waals surface area (Å²) in [5, 5.41) is 3.45. The second kappa shape index (κ2) is 13.2. The molecule has 240 valence electrons. The molecule has 1 aromatic heterocycles. The highest BCUT2D eigenvalue weighted by atomic mass is 19.4. The van der Waals surface area contributed by atoms with E-state index >= 15 is 0 Å². The number of ether oxygens (including phenoxy) is 1. The number of carbonyl (C=O) groups is 1. The Kier molecular flexibility index (Phi) is 9.94. The lowest BCUT2D eigenvalue weighted by Crippen LogP contribution is -2.36. The number of aromatic nitrogens is 1. The molecule has 0 spiro atoms. The Hall–Kier alpha value is -3.64. The van der Waals surface area contributed by atoms with E-state index in [0.717, 1.165) is 18.4 Å². The fourth-order valence-corrected chi connectivity index (χ4v) is 5.71. The van der Waals surface area contributed by atoms with Gasteiger partial charge in [0, 0.05) is 41.9 Å². The molecule has 3 aromatic rings. The van der Waals surface area contributed by atoms with Crippen molar-refractivity contribution in [1.82, 2.24) is 4.98 Å². The first-order valence-corrected chi connectivity index (χ1v) is 14.3. The third-order valence-electron chi connectivity index (χ3n) is 7.90. The molecule has 1 unspecified atom stereocenters. The molecule has 0 saturated heterocycles. The van der Waals surface area contributed by atoms with Crippen LogP contribution in [0.4, 0.5) is 40.8 Å². The van der Waals surface area contributed by atoms with E-state index in [9.17, 15) is 44.7 Å². The SMILES string of the molecule is O=C(CCCCCCCC1(c2ccccc2)Cc2c(ccc3[nH]c(=O)cc(C(F)(F)F)c23)N1)OCCCC(F)(F)C(F)(F)F. The van der Waals surface area contributed by atoms with Gasteiger partial charge in [0.25, 0.3) is 0 Å². The van der Waals surface area contributed by atoms with Crippen LogP contribution in [-0.2, 0) is 27.7 Å². The van der Waals surface area contributed by atoms with Crippen molar-refractivity contribution in [3.8, 4) is 0 Å². The summed E-state index contributed by atoms with van der Waals surface area (Å²) in [4.78, 5) is 26.3. The number of hydrogen-bond donors (Lipinski definition) is 2. The van der Waals surface area contributed by atoms with Crippen LogP contribution in [0.3, 0.4) is 0 Å². The number of benzene rings is 2. The highest BCUT2D eigenvalue weighted by Gasteiger charge is 2.56. The molecular weight excluding hydrogens is 600 g/mol. The number of hydrogen-bond acceptors (Lipinski definition) is 4. The molecule has 0 bridgehead atoms. The number of esters is 1. The molecule has 13 heteroatoms. The number of halogens is 8. The summed E-state index contributed by atoms with van der Waals surface area (Å²) in [5.74, 6) is -5.49. The van der Waals surface area contributed by atoms with Crippen molar-refractivity contribution in [1.29, 1.82) is 0 Å². The molecule has 1 aliphatic rings. The largest absolute Gasteiger partial charge is 0.466 e. The Bertz CT molecular complexity index is 1500. The van der Waals surface area contributed by atoms with E-state index in [2.05, 4.69) is 10.3 Å². The maximum Gasteiger partial charge on any atom is 0.453 e. The van der Waals surface area contributed by atoms with Crippen LogP contribution < -0.4 is 10.9 Å². The van der Waals surface area contributed by atoms with E-state index in [1.54, 1.807) is 6.07 Å². The lowest BCUT2D eigenvalue weighted by Gasteiger charge is -2.31. The summed E-state index contributed by atoms with van der Waals surface area (Å²) in [6, 6.07) is 13.2. The van der Waals surface area contributed by atoms with Gasteiger partial charge >= 0.3 is 24.2 Å². The second-order valence-corrected chi connectivity index (χ2v) is 11.1. The molecule has 1 aliphatic heterocycles. The molecule has 0 aliphatic carbocycles. The molecule has 2 aromatic carbocycles. The standard InChI is InChI=1S/C31H32F8N2O3/c32-29(33,31(37,38)39)16-9-17-44-26(43)12-7-2-1-3-8-15-28(20-10-5-4-6-11-20)19-21-23(41-28)13-14-24-27(21)22(30(34,35)36)18-25(42)40-24/h4-6,10-11,13-14,18,41H,1-3,7-9,12,15-17,19H2,(H,40,42). The Labute approximate surface area is 248 Å². The summed E-state index contributed by atoms with van der Waals surface area (Å²) in [5.41, 5.74) is -0.399. The van der Waals surface area contributed by atoms with Gasteiger partial charge < -0.3 is 15.0 Å². The Balaban J connectivity index is 1.31. The maximum atomic E-state index is 14.0. The van der Waals surface area contributed by atoms with E-state index in [-0.39, 0.29) is 23.7 Å². The van der Waals surface area contributed by atoms with Gasteiger partial charge in [-0.25, -0.2) is 0 Å². The lowest BCUT2D eigenvalue weighted by molar-refractivity contribution is -0.285. The normalized spacial score (nSPS) is 17.0. The molecule has 44 heavy (non-hydrogen) atoms. The number of fused-ring (bicyclic) bond motifs is 3. The van der Waals surface area contributed by atoms with Gasteiger partial charge in [0.1, 0.15) is 0 Å². The number of anilines is 1. The summed E-state index contributed by atoms with van der Waals surface area (Å²) in [6.45, 7) is -0.517. The number of H-pyrrole nitrogens is 1. The number of alkyl halides is 8. The minimum absolute atomic E-state index is 0.0111. The van der Waals surface area contributed by atoms with Crippen molar-refractivity contribution in [2.75, 3.05) is 11.9 Å². The average molecular weight is 633 g/mol. The number of nitrogens with one attached hydrogen (secondary N) is 2. The van der Waals surface area contributed by atoms with Gasteiger partial charge in [-0.3, -0.25) is 9.59 Å². The highest BCUT2D eigenvalue weighted by Crippen LogP contribution is 2.47. The van der Waals surface area contributed by atoms with Gasteiger partial charge in [0.05, 0.1) is 17.7 Å². The topological polar surface area (TPSA) is 71.2 Å². The van der Waals surface area contributed by atoms with Gasteiger partial charge in [-0.2, -0.15) is 35.1 Å². The lowest BCUT2D eigenvalue weighted by atomic mass is 9.81. The number of pyridine rings is 1. The van der Waals surface area contributed by atoms with Gasteiger partial charge in [0.15, 0.2) is 0 Å². The fourth-order valence-electron chi connectivity index (χ4n) is 5.71. The molecule has 1 atom stereocenters. The van der Waals surface area contributed by atoms with Crippen molar-refractivity contribution in [3.05, 3.63) is 75.6 Å². The van der Waals surface area contributed by atoms with Crippen LogP contribution in [0, 0.1) is 0 Å². The van der Waals surface area contributed by atoms with E-state index in [4.69, 9.17) is 4.74 Å². The molecule has 2 heterocycles. The maximum absolute atomic E-state index is 14.0. The summed E-state index contributed by atoms with van der Waals surface area (Å²) in [7, 11) is 0. The quantitative estimate of drug-likeness (QED) is 0.112. The van der Waals surface area contributed by atoms with Crippen LogP contribution in [0.15, 0.2) is 53.3 Å². The first kappa shape index (κ1) is 33.3. The molecule has 5 nitrogen and oxygen atoms in total. The molecule has 0 saturated carbocycles.